The van der Waals surface area contributed by atoms with Gasteiger partial charge < -0.3 is 9.80 Å². The topological polar surface area (TPSA) is 75.1 Å². The fourth-order valence-corrected chi connectivity index (χ4v) is 3.94. The molecule has 4 aromatic rings. The number of benzene rings is 2. The quantitative estimate of drug-likeness (QED) is 0.500. The molecule has 0 unspecified atom stereocenters. The molecule has 7 nitrogen and oxygen atoms in total. The summed E-state index contributed by atoms with van der Waals surface area (Å²) >= 11 is 0. The van der Waals surface area contributed by atoms with Crippen molar-refractivity contribution in [3.8, 4) is 11.3 Å². The summed E-state index contributed by atoms with van der Waals surface area (Å²) in [5.41, 5.74) is 5.91. The van der Waals surface area contributed by atoms with Gasteiger partial charge in [0.15, 0.2) is 5.82 Å². The summed E-state index contributed by atoms with van der Waals surface area (Å²) in [6.07, 6.45) is 0. The molecule has 1 aliphatic rings. The summed E-state index contributed by atoms with van der Waals surface area (Å²) in [5, 5.41) is 8.80. The number of nitrogens with zero attached hydrogens (tertiary/aromatic N) is 6. The van der Waals surface area contributed by atoms with Crippen LogP contribution in [0.25, 0.3) is 22.3 Å². The minimum absolute atomic E-state index is 0.0251. The zero-order chi connectivity index (χ0) is 22.1. The molecule has 2 aromatic heterocycles. The van der Waals surface area contributed by atoms with E-state index >= 15 is 0 Å². The van der Waals surface area contributed by atoms with Gasteiger partial charge in [-0.05, 0) is 44.2 Å². The minimum atomic E-state index is 0.0251. The summed E-state index contributed by atoms with van der Waals surface area (Å²) in [7, 11) is 0. The number of amides is 1. The molecule has 1 fully saturated rings. The van der Waals surface area contributed by atoms with Crippen LogP contribution >= 0.6 is 0 Å². The Hall–Kier alpha value is -3.87. The molecule has 1 aliphatic heterocycles. The first kappa shape index (κ1) is 20.1. The van der Waals surface area contributed by atoms with Crippen LogP contribution in [-0.2, 0) is 0 Å². The third-order valence-electron chi connectivity index (χ3n) is 5.93. The average Bonchev–Trinajstić information content (AvgIpc) is 2.85. The first-order valence-corrected chi connectivity index (χ1v) is 10.8. The van der Waals surface area contributed by atoms with E-state index in [1.54, 1.807) is 0 Å². The number of hydrogen-bond acceptors (Lipinski definition) is 6. The van der Waals surface area contributed by atoms with E-state index in [1.807, 2.05) is 79.4 Å². The lowest BCUT2D eigenvalue weighted by Gasteiger charge is -2.35. The molecule has 0 radical (unpaired) electrons. The lowest BCUT2D eigenvalue weighted by atomic mass is 10.1. The average molecular weight is 425 g/mol. The second kappa shape index (κ2) is 8.34. The largest absolute Gasteiger partial charge is 0.352 e. The maximum atomic E-state index is 13.1. The normalized spacial score (nSPS) is 14.1. The predicted molar refractivity (Wildman–Crippen MR) is 125 cm³/mol. The molecule has 1 amide bonds. The van der Waals surface area contributed by atoms with Crippen LogP contribution in [0.4, 0.5) is 5.82 Å². The molecule has 7 heteroatoms. The molecule has 0 N–H and O–H groups in total. The van der Waals surface area contributed by atoms with Gasteiger partial charge in [-0.3, -0.25) is 4.79 Å². The van der Waals surface area contributed by atoms with E-state index in [4.69, 9.17) is 0 Å². The lowest BCUT2D eigenvalue weighted by molar-refractivity contribution is 0.0746. The SMILES string of the molecule is Cc1nc2ccc(C(=O)N3CCN(c4ccc(-c5ccccc5)nn4)CC3)cc2nc1C. The minimum Gasteiger partial charge on any atom is -0.352 e. The van der Waals surface area contributed by atoms with Gasteiger partial charge in [0.2, 0.25) is 0 Å². The van der Waals surface area contributed by atoms with Crippen molar-refractivity contribution in [3.63, 3.8) is 0 Å². The van der Waals surface area contributed by atoms with Crippen molar-refractivity contribution >= 4 is 22.8 Å². The molecular formula is C25H24N6O. The van der Waals surface area contributed by atoms with Crippen molar-refractivity contribution in [1.29, 1.82) is 0 Å². The number of anilines is 1. The van der Waals surface area contributed by atoms with E-state index in [9.17, 15) is 4.79 Å². The van der Waals surface area contributed by atoms with Crippen LogP contribution in [0.5, 0.6) is 0 Å². The smallest absolute Gasteiger partial charge is 0.254 e. The predicted octanol–water partition coefficient (Wildman–Crippen LogP) is 3.67. The molecule has 3 heterocycles. The highest BCUT2D eigenvalue weighted by Crippen LogP contribution is 2.20. The Labute approximate surface area is 186 Å². The number of rotatable bonds is 3. The van der Waals surface area contributed by atoms with Gasteiger partial charge in [0.25, 0.3) is 5.91 Å². The van der Waals surface area contributed by atoms with Crippen LogP contribution in [0.2, 0.25) is 0 Å². The zero-order valence-electron chi connectivity index (χ0n) is 18.2. The molecule has 5 rings (SSSR count). The number of fused-ring (bicyclic) bond motifs is 1. The summed E-state index contributed by atoms with van der Waals surface area (Å²) in [5.74, 6) is 0.862. The van der Waals surface area contributed by atoms with Crippen LogP contribution in [0, 0.1) is 13.8 Å². The van der Waals surface area contributed by atoms with Gasteiger partial charge >= 0.3 is 0 Å². The third kappa shape index (κ3) is 3.89. The Balaban J connectivity index is 1.26. The van der Waals surface area contributed by atoms with Crippen molar-refractivity contribution < 1.29 is 4.79 Å². The molecule has 160 valence electrons. The Morgan fingerprint density at radius 2 is 1.50 bits per heavy atom. The second-order valence-electron chi connectivity index (χ2n) is 8.02. The highest BCUT2D eigenvalue weighted by molar-refractivity contribution is 5.97. The fraction of sp³-hybridized carbons (Fsp3) is 0.240. The maximum absolute atomic E-state index is 13.1. The van der Waals surface area contributed by atoms with Gasteiger partial charge in [0.1, 0.15) is 0 Å². The molecule has 0 atom stereocenters. The number of aromatic nitrogens is 4. The molecule has 0 bridgehead atoms. The number of piperazine rings is 1. The number of carbonyl (C=O) groups excluding carboxylic acids is 1. The Morgan fingerprint density at radius 1 is 0.781 bits per heavy atom. The van der Waals surface area contributed by atoms with E-state index in [1.165, 1.54) is 0 Å². The first-order valence-electron chi connectivity index (χ1n) is 10.8. The van der Waals surface area contributed by atoms with E-state index in [2.05, 4.69) is 25.1 Å². The van der Waals surface area contributed by atoms with E-state index < -0.39 is 0 Å². The molecule has 0 saturated carbocycles. The van der Waals surface area contributed by atoms with Crippen LogP contribution < -0.4 is 4.90 Å². The van der Waals surface area contributed by atoms with Crippen molar-refractivity contribution in [3.05, 3.63) is 77.6 Å². The van der Waals surface area contributed by atoms with Crippen molar-refractivity contribution in [2.24, 2.45) is 0 Å². The Morgan fingerprint density at radius 3 is 2.19 bits per heavy atom. The van der Waals surface area contributed by atoms with Crippen molar-refractivity contribution in [2.75, 3.05) is 31.1 Å². The Bertz CT molecular complexity index is 1270. The second-order valence-corrected chi connectivity index (χ2v) is 8.02. The summed E-state index contributed by atoms with van der Waals surface area (Å²) < 4.78 is 0. The summed E-state index contributed by atoms with van der Waals surface area (Å²) in [4.78, 5) is 26.3. The van der Waals surface area contributed by atoms with Gasteiger partial charge in [0, 0.05) is 37.3 Å². The van der Waals surface area contributed by atoms with Crippen molar-refractivity contribution in [1.82, 2.24) is 25.1 Å². The highest BCUT2D eigenvalue weighted by Gasteiger charge is 2.23. The summed E-state index contributed by atoms with van der Waals surface area (Å²) in [6, 6.07) is 19.6. The van der Waals surface area contributed by atoms with Gasteiger partial charge in [0.05, 0.1) is 28.1 Å². The van der Waals surface area contributed by atoms with Gasteiger partial charge in [-0.25, -0.2) is 9.97 Å². The van der Waals surface area contributed by atoms with E-state index in [0.717, 1.165) is 52.6 Å². The van der Waals surface area contributed by atoms with Crippen LogP contribution in [0.15, 0.2) is 60.7 Å². The molecule has 0 aliphatic carbocycles. The lowest BCUT2D eigenvalue weighted by Crippen LogP contribution is -2.49. The molecule has 32 heavy (non-hydrogen) atoms. The van der Waals surface area contributed by atoms with Crippen LogP contribution in [-0.4, -0.2) is 57.2 Å². The van der Waals surface area contributed by atoms with E-state index in [0.29, 0.717) is 18.7 Å². The fourth-order valence-electron chi connectivity index (χ4n) is 3.94. The van der Waals surface area contributed by atoms with Crippen LogP contribution in [0.1, 0.15) is 21.7 Å². The number of hydrogen-bond donors (Lipinski definition) is 0. The molecule has 1 saturated heterocycles. The Kier molecular flexibility index (Phi) is 5.23. The molecule has 0 spiro atoms. The monoisotopic (exact) mass is 424 g/mol. The number of aryl methyl sites for hydroxylation is 2. The third-order valence-corrected chi connectivity index (χ3v) is 5.93. The van der Waals surface area contributed by atoms with Gasteiger partial charge in [-0.2, -0.15) is 0 Å². The van der Waals surface area contributed by atoms with E-state index in [-0.39, 0.29) is 5.91 Å². The number of carbonyl (C=O) groups is 1. The maximum Gasteiger partial charge on any atom is 0.254 e. The zero-order valence-corrected chi connectivity index (χ0v) is 18.2. The van der Waals surface area contributed by atoms with Crippen LogP contribution in [0.3, 0.4) is 0 Å². The molecule has 2 aromatic carbocycles. The van der Waals surface area contributed by atoms with Crippen molar-refractivity contribution in [2.45, 2.75) is 13.8 Å². The standard InChI is InChI=1S/C25H24N6O/c1-17-18(2)27-23-16-20(8-9-22(23)26-17)25(32)31-14-12-30(13-15-31)24-11-10-21(28-29-24)19-6-4-3-5-7-19/h3-11,16H,12-15H2,1-2H3. The van der Waals surface area contributed by atoms with Gasteiger partial charge in [-0.15, -0.1) is 10.2 Å². The van der Waals surface area contributed by atoms with Gasteiger partial charge in [-0.1, -0.05) is 30.3 Å². The molecular weight excluding hydrogens is 400 g/mol. The summed E-state index contributed by atoms with van der Waals surface area (Å²) in [6.45, 7) is 6.59. The first-order chi connectivity index (χ1) is 15.6. The highest BCUT2D eigenvalue weighted by atomic mass is 16.2.